The fourth-order valence-corrected chi connectivity index (χ4v) is 4.37. The van der Waals surface area contributed by atoms with Crippen LogP contribution in [0.15, 0.2) is 53.6 Å². The van der Waals surface area contributed by atoms with Crippen molar-refractivity contribution in [2.24, 2.45) is 0 Å². The van der Waals surface area contributed by atoms with E-state index in [0.717, 1.165) is 11.6 Å². The predicted molar refractivity (Wildman–Crippen MR) is 114 cm³/mol. The van der Waals surface area contributed by atoms with Gasteiger partial charge in [0, 0.05) is 55.7 Å². The van der Waals surface area contributed by atoms with E-state index in [4.69, 9.17) is 0 Å². The third-order valence-corrected chi connectivity index (χ3v) is 5.93. The molecule has 0 aromatic carbocycles. The van der Waals surface area contributed by atoms with Gasteiger partial charge in [0.2, 0.25) is 5.95 Å². The lowest BCUT2D eigenvalue weighted by Crippen LogP contribution is -2.47. The molecule has 0 N–H and O–H groups in total. The van der Waals surface area contributed by atoms with Gasteiger partial charge in [-0.2, -0.15) is 24.5 Å². The van der Waals surface area contributed by atoms with E-state index in [9.17, 15) is 13.2 Å². The number of alkyl halides is 3. The van der Waals surface area contributed by atoms with Crippen LogP contribution in [0.2, 0.25) is 0 Å². The van der Waals surface area contributed by atoms with E-state index in [2.05, 4.69) is 29.7 Å². The van der Waals surface area contributed by atoms with Crippen LogP contribution < -0.4 is 9.80 Å². The number of anilines is 2. The Morgan fingerprint density at radius 1 is 0.903 bits per heavy atom. The third kappa shape index (κ3) is 3.78. The van der Waals surface area contributed by atoms with Gasteiger partial charge in [-0.1, -0.05) is 0 Å². The molecule has 1 aliphatic heterocycles. The molecule has 10 heteroatoms. The molecule has 0 aliphatic carbocycles. The van der Waals surface area contributed by atoms with E-state index in [1.165, 1.54) is 17.4 Å². The predicted octanol–water partition coefficient (Wildman–Crippen LogP) is 4.49. The van der Waals surface area contributed by atoms with Gasteiger partial charge in [-0.3, -0.25) is 0 Å². The molecular weight excluding hydrogens is 425 g/mol. The van der Waals surface area contributed by atoms with Crippen LogP contribution in [-0.2, 0) is 6.18 Å². The summed E-state index contributed by atoms with van der Waals surface area (Å²) in [7, 11) is 0. The van der Waals surface area contributed by atoms with Crippen molar-refractivity contribution < 1.29 is 13.2 Å². The molecule has 0 unspecified atom stereocenters. The first kappa shape index (κ1) is 19.7. The van der Waals surface area contributed by atoms with Crippen LogP contribution in [0.1, 0.15) is 5.69 Å². The molecule has 6 nitrogen and oxygen atoms in total. The van der Waals surface area contributed by atoms with Gasteiger partial charge in [0.05, 0.1) is 5.52 Å². The Kier molecular flexibility index (Phi) is 4.93. The molecule has 0 bridgehead atoms. The van der Waals surface area contributed by atoms with Crippen molar-refractivity contribution in [1.29, 1.82) is 0 Å². The smallest absolute Gasteiger partial charge is 0.353 e. The second-order valence-corrected chi connectivity index (χ2v) is 7.90. The van der Waals surface area contributed by atoms with Gasteiger partial charge < -0.3 is 9.80 Å². The third-order valence-electron chi connectivity index (χ3n) is 5.24. The van der Waals surface area contributed by atoms with Crippen molar-refractivity contribution in [1.82, 2.24) is 19.9 Å². The van der Waals surface area contributed by atoms with Gasteiger partial charge in [0.15, 0.2) is 0 Å². The van der Waals surface area contributed by atoms with Gasteiger partial charge in [-0.05, 0) is 40.6 Å². The topological polar surface area (TPSA) is 58.0 Å². The van der Waals surface area contributed by atoms with Crippen LogP contribution in [-0.4, -0.2) is 46.1 Å². The number of thiophene rings is 1. The van der Waals surface area contributed by atoms with E-state index >= 15 is 0 Å². The van der Waals surface area contributed by atoms with Crippen LogP contribution in [0.25, 0.3) is 22.0 Å². The van der Waals surface area contributed by atoms with Crippen molar-refractivity contribution in [3.05, 3.63) is 59.3 Å². The maximum atomic E-state index is 13.3. The Labute approximate surface area is 180 Å². The SMILES string of the molecule is FC(F)(F)c1ccc2c(N3CCN(c4ncccn4)CC3)ncc(-c3ccsc3)c2n1. The Bertz CT molecular complexity index is 1190. The standard InChI is InChI=1S/C21H17F3N6S/c22-21(23,24)17-3-2-15-18(28-17)16(14-4-11-31-13-14)12-27-19(15)29-7-9-30(10-8-29)20-25-5-1-6-26-20/h1-6,11-13H,7-10H2. The number of rotatable bonds is 3. The first-order valence-electron chi connectivity index (χ1n) is 9.67. The number of fused-ring (bicyclic) bond motifs is 1. The van der Waals surface area contributed by atoms with E-state index in [-0.39, 0.29) is 0 Å². The van der Waals surface area contributed by atoms with Crippen molar-refractivity contribution >= 4 is 34.0 Å². The van der Waals surface area contributed by atoms with E-state index in [1.807, 2.05) is 16.8 Å². The first-order valence-corrected chi connectivity index (χ1v) is 10.6. The zero-order valence-corrected chi connectivity index (χ0v) is 17.1. The van der Waals surface area contributed by atoms with Crippen molar-refractivity contribution in [3.8, 4) is 11.1 Å². The summed E-state index contributed by atoms with van der Waals surface area (Å²) in [4.78, 5) is 21.4. The molecular formula is C21H17F3N6S. The monoisotopic (exact) mass is 442 g/mol. The number of nitrogens with zero attached hydrogens (tertiary/aromatic N) is 6. The summed E-state index contributed by atoms with van der Waals surface area (Å²) in [6, 6.07) is 6.14. The Morgan fingerprint density at radius 2 is 1.65 bits per heavy atom. The maximum Gasteiger partial charge on any atom is 0.433 e. The number of halogens is 3. The normalized spacial score (nSPS) is 14.9. The van der Waals surface area contributed by atoms with Crippen LogP contribution in [0.5, 0.6) is 0 Å². The first-order chi connectivity index (χ1) is 15.0. The van der Waals surface area contributed by atoms with Crippen LogP contribution >= 0.6 is 11.3 Å². The molecule has 31 heavy (non-hydrogen) atoms. The lowest BCUT2D eigenvalue weighted by atomic mass is 10.1. The van der Waals surface area contributed by atoms with Gasteiger partial charge in [-0.25, -0.2) is 19.9 Å². The van der Waals surface area contributed by atoms with Crippen molar-refractivity contribution in [3.63, 3.8) is 0 Å². The molecule has 0 amide bonds. The van der Waals surface area contributed by atoms with E-state index in [1.54, 1.807) is 24.7 Å². The van der Waals surface area contributed by atoms with Gasteiger partial charge in [-0.15, -0.1) is 0 Å². The molecule has 158 valence electrons. The lowest BCUT2D eigenvalue weighted by molar-refractivity contribution is -0.140. The molecule has 1 saturated heterocycles. The highest BCUT2D eigenvalue weighted by atomic mass is 32.1. The minimum absolute atomic E-state index is 0.312. The van der Waals surface area contributed by atoms with Crippen LogP contribution in [0.3, 0.4) is 0 Å². The van der Waals surface area contributed by atoms with Crippen LogP contribution in [0, 0.1) is 0 Å². The highest BCUT2D eigenvalue weighted by Crippen LogP contribution is 2.36. The number of hydrogen-bond acceptors (Lipinski definition) is 7. The zero-order chi connectivity index (χ0) is 21.4. The number of aromatic nitrogens is 4. The van der Waals surface area contributed by atoms with Crippen molar-refractivity contribution in [2.45, 2.75) is 6.18 Å². The summed E-state index contributed by atoms with van der Waals surface area (Å²) < 4.78 is 40.0. The average molecular weight is 442 g/mol. The average Bonchev–Trinajstić information content (AvgIpc) is 3.33. The highest BCUT2D eigenvalue weighted by molar-refractivity contribution is 7.08. The molecule has 5 heterocycles. The fourth-order valence-electron chi connectivity index (χ4n) is 3.71. The minimum atomic E-state index is -4.51. The molecule has 0 spiro atoms. The molecule has 1 fully saturated rings. The summed E-state index contributed by atoms with van der Waals surface area (Å²) in [6.45, 7) is 2.68. The largest absolute Gasteiger partial charge is 0.433 e. The fraction of sp³-hybridized carbons (Fsp3) is 0.238. The molecule has 0 atom stereocenters. The van der Waals surface area contributed by atoms with Gasteiger partial charge >= 0.3 is 6.18 Å². The Balaban J connectivity index is 1.52. The van der Waals surface area contributed by atoms with Crippen molar-refractivity contribution in [2.75, 3.05) is 36.0 Å². The number of pyridine rings is 2. The van der Waals surface area contributed by atoms with Gasteiger partial charge in [0.25, 0.3) is 0 Å². The van der Waals surface area contributed by atoms with Crippen LogP contribution in [0.4, 0.5) is 24.9 Å². The number of hydrogen-bond donors (Lipinski definition) is 0. The lowest BCUT2D eigenvalue weighted by Gasteiger charge is -2.35. The minimum Gasteiger partial charge on any atom is -0.353 e. The van der Waals surface area contributed by atoms with E-state index < -0.39 is 11.9 Å². The summed E-state index contributed by atoms with van der Waals surface area (Å²) in [5, 5.41) is 4.38. The molecule has 5 rings (SSSR count). The molecule has 1 aliphatic rings. The maximum absolute atomic E-state index is 13.3. The summed E-state index contributed by atoms with van der Waals surface area (Å²) >= 11 is 1.48. The Morgan fingerprint density at radius 3 is 2.32 bits per heavy atom. The summed E-state index contributed by atoms with van der Waals surface area (Å²) in [5.41, 5.74) is 0.820. The van der Waals surface area contributed by atoms with E-state index in [0.29, 0.717) is 54.4 Å². The zero-order valence-electron chi connectivity index (χ0n) is 16.3. The molecule has 0 saturated carbocycles. The second-order valence-electron chi connectivity index (χ2n) is 7.12. The molecule has 4 aromatic heterocycles. The second kappa shape index (κ2) is 7.77. The highest BCUT2D eigenvalue weighted by Gasteiger charge is 2.33. The number of piperazine rings is 1. The molecule has 0 radical (unpaired) electrons. The quantitative estimate of drug-likeness (QED) is 0.466. The Hall–Kier alpha value is -3.27. The summed E-state index contributed by atoms with van der Waals surface area (Å²) in [6.07, 6.45) is 0.526. The molecule has 4 aromatic rings. The summed E-state index contributed by atoms with van der Waals surface area (Å²) in [5.74, 6) is 1.31. The van der Waals surface area contributed by atoms with Gasteiger partial charge in [0.1, 0.15) is 11.5 Å².